The van der Waals surface area contributed by atoms with Crippen molar-refractivity contribution in [1.29, 1.82) is 0 Å². The summed E-state index contributed by atoms with van der Waals surface area (Å²) in [5.41, 5.74) is -0.424. The fourth-order valence-electron chi connectivity index (χ4n) is 3.30. The molecule has 0 saturated heterocycles. The molecule has 0 heterocycles. The Kier molecular flexibility index (Phi) is 15.7. The maximum absolute atomic E-state index is 12.0. The zero-order chi connectivity index (χ0) is 37.3. The number of hydrogen-bond acceptors (Lipinski definition) is 8. The third kappa shape index (κ3) is 14.5. The van der Waals surface area contributed by atoms with E-state index in [0.717, 1.165) is 24.3 Å². The standard InChI is InChI=1S/C9H8O4.C8H5F3O2.C8H6O4.C8H8O3/c1-13-9(12)7-4-2-6(3-5-7)8(10)11;9-8(10,11)6-3-1-2-5(4-6)7(12)13;9-7(10)5-2-1-3-6(4-5)8(11)12;9-7-4-2-1-3-6(7)5-8(10)11/h2-5H,1H3,(H,10,11);1-4H,(H,12,13);1-4H,(H,9,10)(H,11,12);1-4,9H,5H2,(H,10,11). The van der Waals surface area contributed by atoms with Gasteiger partial charge in [0.2, 0.25) is 0 Å². The Labute approximate surface area is 274 Å². The molecule has 0 spiro atoms. The molecule has 0 bridgehead atoms. The van der Waals surface area contributed by atoms with Gasteiger partial charge in [-0.05, 0) is 66.7 Å². The number of hydrogen-bond donors (Lipinski definition) is 6. The lowest BCUT2D eigenvalue weighted by molar-refractivity contribution is -0.138. The summed E-state index contributed by atoms with van der Waals surface area (Å²) in [5.74, 6) is -6.02. The number of carbonyl (C=O) groups excluding carboxylic acids is 1. The highest BCUT2D eigenvalue weighted by Crippen LogP contribution is 2.29. The number of para-hydroxylation sites is 1. The zero-order valence-corrected chi connectivity index (χ0v) is 25.1. The lowest BCUT2D eigenvalue weighted by Crippen LogP contribution is -2.06. The largest absolute Gasteiger partial charge is 0.508 e. The molecule has 4 rings (SSSR count). The Bertz CT molecular complexity index is 1750. The number of phenolic OH excluding ortho intramolecular Hbond substituents is 1. The molecule has 0 aliphatic carbocycles. The van der Waals surface area contributed by atoms with Crippen molar-refractivity contribution in [3.05, 3.63) is 136 Å². The van der Waals surface area contributed by atoms with Crippen molar-refractivity contribution in [2.45, 2.75) is 12.6 Å². The topological polar surface area (TPSA) is 233 Å². The van der Waals surface area contributed by atoms with Gasteiger partial charge in [-0.15, -0.1) is 0 Å². The monoisotopic (exact) mass is 688 g/mol. The second-order valence-corrected chi connectivity index (χ2v) is 9.15. The number of ether oxygens (including phenoxy) is 1. The second-order valence-electron chi connectivity index (χ2n) is 9.15. The summed E-state index contributed by atoms with van der Waals surface area (Å²) in [6, 6.07) is 20.7. The number of esters is 1. The Balaban J connectivity index is 0.000000327. The first-order valence-corrected chi connectivity index (χ1v) is 13.2. The minimum Gasteiger partial charge on any atom is -0.508 e. The SMILES string of the molecule is COC(=O)c1ccc(C(=O)O)cc1.O=C(O)Cc1ccccc1O.O=C(O)c1cccc(C(=O)O)c1.O=C(O)c1cccc(C(F)(F)F)c1. The van der Waals surface area contributed by atoms with Gasteiger partial charge in [0, 0.05) is 5.56 Å². The van der Waals surface area contributed by atoms with Gasteiger partial charge in [0.15, 0.2) is 0 Å². The van der Waals surface area contributed by atoms with E-state index in [1.807, 2.05) is 0 Å². The maximum Gasteiger partial charge on any atom is 0.416 e. The van der Waals surface area contributed by atoms with E-state index in [-0.39, 0.29) is 34.4 Å². The molecule has 13 nitrogen and oxygen atoms in total. The van der Waals surface area contributed by atoms with Gasteiger partial charge in [0.05, 0.1) is 46.9 Å². The summed E-state index contributed by atoms with van der Waals surface area (Å²) in [4.78, 5) is 62.6. The van der Waals surface area contributed by atoms with Crippen LogP contribution in [0.2, 0.25) is 0 Å². The van der Waals surface area contributed by atoms with Crippen LogP contribution in [0.3, 0.4) is 0 Å². The van der Waals surface area contributed by atoms with Crippen LogP contribution in [0.4, 0.5) is 13.2 Å². The van der Waals surface area contributed by atoms with E-state index >= 15 is 0 Å². The smallest absolute Gasteiger partial charge is 0.416 e. The highest BCUT2D eigenvalue weighted by atomic mass is 19.4. The average Bonchev–Trinajstić information content (AvgIpc) is 3.06. The van der Waals surface area contributed by atoms with Crippen molar-refractivity contribution in [1.82, 2.24) is 0 Å². The first kappa shape index (κ1) is 40.3. The molecule has 4 aromatic carbocycles. The number of aromatic carboxylic acids is 4. The minimum atomic E-state index is -4.49. The van der Waals surface area contributed by atoms with Crippen LogP contribution in [0.25, 0.3) is 0 Å². The van der Waals surface area contributed by atoms with Gasteiger partial charge in [-0.25, -0.2) is 24.0 Å². The van der Waals surface area contributed by atoms with Crippen molar-refractivity contribution in [2.24, 2.45) is 0 Å². The molecule has 16 heteroatoms. The van der Waals surface area contributed by atoms with E-state index in [2.05, 4.69) is 4.74 Å². The van der Waals surface area contributed by atoms with E-state index < -0.39 is 47.6 Å². The van der Waals surface area contributed by atoms with Gasteiger partial charge in [-0.3, -0.25) is 4.79 Å². The molecule has 0 aliphatic heterocycles. The van der Waals surface area contributed by atoms with Crippen LogP contribution in [-0.2, 0) is 22.1 Å². The summed E-state index contributed by atoms with van der Waals surface area (Å²) in [6.07, 6.45) is -4.63. The number of rotatable bonds is 7. The Morgan fingerprint density at radius 1 is 0.571 bits per heavy atom. The maximum atomic E-state index is 12.0. The third-order valence-electron chi connectivity index (χ3n) is 5.68. The summed E-state index contributed by atoms with van der Waals surface area (Å²) >= 11 is 0. The van der Waals surface area contributed by atoms with Gasteiger partial charge in [-0.2, -0.15) is 13.2 Å². The molecule has 0 aliphatic rings. The predicted octanol–water partition coefficient (Wildman–Crippen LogP) is 5.68. The lowest BCUT2D eigenvalue weighted by Gasteiger charge is -2.06. The molecule has 4 aromatic rings. The zero-order valence-electron chi connectivity index (χ0n) is 25.1. The van der Waals surface area contributed by atoms with Crippen LogP contribution in [0, 0.1) is 0 Å². The van der Waals surface area contributed by atoms with Crippen LogP contribution >= 0.6 is 0 Å². The summed E-state index contributed by atoms with van der Waals surface area (Å²) in [7, 11) is 1.27. The number of aromatic hydroxyl groups is 1. The molecular formula is C33H27F3O13. The van der Waals surface area contributed by atoms with Gasteiger partial charge >= 0.3 is 42.0 Å². The van der Waals surface area contributed by atoms with Crippen molar-refractivity contribution in [3.63, 3.8) is 0 Å². The van der Waals surface area contributed by atoms with Crippen LogP contribution in [0.5, 0.6) is 5.75 Å². The quantitative estimate of drug-likeness (QED) is 0.129. The van der Waals surface area contributed by atoms with Crippen molar-refractivity contribution in [3.8, 4) is 5.75 Å². The van der Waals surface area contributed by atoms with E-state index in [0.29, 0.717) is 17.2 Å². The molecule has 49 heavy (non-hydrogen) atoms. The minimum absolute atomic E-state index is 0.0186. The summed E-state index contributed by atoms with van der Waals surface area (Å²) in [6.45, 7) is 0. The van der Waals surface area contributed by atoms with E-state index in [9.17, 15) is 41.9 Å². The number of aliphatic carboxylic acids is 1. The molecule has 0 radical (unpaired) electrons. The van der Waals surface area contributed by atoms with Crippen molar-refractivity contribution in [2.75, 3.05) is 7.11 Å². The fraction of sp³-hybridized carbons (Fsp3) is 0.0909. The van der Waals surface area contributed by atoms with Crippen LogP contribution < -0.4 is 0 Å². The number of carboxylic acids is 5. The van der Waals surface area contributed by atoms with Gasteiger partial charge in [0.25, 0.3) is 0 Å². The molecule has 0 atom stereocenters. The number of carboxylic acid groups (broad SMARTS) is 5. The van der Waals surface area contributed by atoms with Crippen LogP contribution in [-0.4, -0.2) is 73.6 Å². The molecule has 0 amide bonds. The number of methoxy groups -OCH3 is 1. The molecule has 0 unspecified atom stereocenters. The van der Waals surface area contributed by atoms with Crippen LogP contribution in [0.1, 0.15) is 62.9 Å². The first-order chi connectivity index (χ1) is 22.9. The molecule has 0 fully saturated rings. The summed E-state index contributed by atoms with van der Waals surface area (Å²) < 4.78 is 40.6. The number of benzene rings is 4. The van der Waals surface area contributed by atoms with Gasteiger partial charge in [-0.1, -0.05) is 30.3 Å². The number of carbonyl (C=O) groups is 6. The molecule has 6 N–H and O–H groups in total. The van der Waals surface area contributed by atoms with Gasteiger partial charge in [0.1, 0.15) is 5.75 Å². The number of phenols is 1. The summed E-state index contributed by atoms with van der Waals surface area (Å²) in [5, 5.41) is 51.4. The van der Waals surface area contributed by atoms with E-state index in [1.165, 1.54) is 55.6 Å². The molecule has 0 aromatic heterocycles. The van der Waals surface area contributed by atoms with Crippen molar-refractivity contribution >= 4 is 35.8 Å². The Morgan fingerprint density at radius 2 is 1.00 bits per heavy atom. The second kappa shape index (κ2) is 19.1. The molecule has 258 valence electrons. The normalized spacial score (nSPS) is 9.88. The number of alkyl halides is 3. The highest BCUT2D eigenvalue weighted by Gasteiger charge is 2.30. The Morgan fingerprint density at radius 3 is 1.41 bits per heavy atom. The first-order valence-electron chi connectivity index (χ1n) is 13.2. The molecule has 0 saturated carbocycles. The van der Waals surface area contributed by atoms with E-state index in [4.69, 9.17) is 30.6 Å². The van der Waals surface area contributed by atoms with Gasteiger partial charge < -0.3 is 35.4 Å². The fourth-order valence-corrected chi connectivity index (χ4v) is 3.30. The number of halogens is 3. The predicted molar refractivity (Wildman–Crippen MR) is 163 cm³/mol. The Hall–Kier alpha value is -6.71. The third-order valence-corrected chi connectivity index (χ3v) is 5.68. The lowest BCUT2D eigenvalue weighted by atomic mass is 10.1. The van der Waals surface area contributed by atoms with Crippen molar-refractivity contribution < 1.29 is 77.3 Å². The average molecular weight is 689 g/mol. The highest BCUT2D eigenvalue weighted by molar-refractivity contribution is 5.94. The van der Waals surface area contributed by atoms with Crippen LogP contribution in [0.15, 0.2) is 97.1 Å². The molecular weight excluding hydrogens is 661 g/mol. The van der Waals surface area contributed by atoms with E-state index in [1.54, 1.807) is 18.2 Å².